The number of aliphatic carboxylic acids is 1. The molecule has 1 heterocycles. The van der Waals surface area contributed by atoms with Crippen LogP contribution in [0.5, 0.6) is 0 Å². The predicted octanol–water partition coefficient (Wildman–Crippen LogP) is 1.78. The topological polar surface area (TPSA) is 69.6 Å². The van der Waals surface area contributed by atoms with Crippen LogP contribution in [0.25, 0.3) is 0 Å². The van der Waals surface area contributed by atoms with Gasteiger partial charge in [0, 0.05) is 19.6 Å². The van der Waals surface area contributed by atoms with Crippen molar-refractivity contribution in [1.29, 1.82) is 0 Å². The molecule has 0 aromatic carbocycles. The fourth-order valence-electron chi connectivity index (χ4n) is 2.56. The molecule has 0 saturated carbocycles. The third-order valence-electron chi connectivity index (χ3n) is 3.50. The van der Waals surface area contributed by atoms with E-state index in [4.69, 9.17) is 5.11 Å². The summed E-state index contributed by atoms with van der Waals surface area (Å²) in [6, 6.07) is -0.131. The van der Waals surface area contributed by atoms with Crippen LogP contribution in [0.3, 0.4) is 0 Å². The molecule has 104 valence electrons. The van der Waals surface area contributed by atoms with Gasteiger partial charge in [0.2, 0.25) is 0 Å². The molecular weight excluding hydrogens is 232 g/mol. The minimum Gasteiger partial charge on any atom is -0.481 e. The molecule has 0 spiro atoms. The van der Waals surface area contributed by atoms with Crippen molar-refractivity contribution in [1.82, 2.24) is 10.2 Å². The Morgan fingerprint density at radius 1 is 1.33 bits per heavy atom. The van der Waals surface area contributed by atoms with Gasteiger partial charge in [-0.2, -0.15) is 0 Å². The maximum absolute atomic E-state index is 12.0. The number of nitrogens with one attached hydrogen (secondary N) is 1. The number of rotatable bonds is 4. The van der Waals surface area contributed by atoms with Crippen molar-refractivity contribution in [3.8, 4) is 0 Å². The van der Waals surface area contributed by atoms with Gasteiger partial charge in [0.25, 0.3) is 0 Å². The SMILES string of the molecule is CCC(CNC(=O)N1CC(C)CC(C)C1)C(=O)O. The smallest absolute Gasteiger partial charge is 0.317 e. The molecule has 3 unspecified atom stereocenters. The van der Waals surface area contributed by atoms with Crippen LogP contribution in [0.4, 0.5) is 4.79 Å². The lowest BCUT2D eigenvalue weighted by atomic mass is 9.92. The Bertz CT molecular complexity index is 297. The predicted molar refractivity (Wildman–Crippen MR) is 69.3 cm³/mol. The van der Waals surface area contributed by atoms with Crippen LogP contribution in [0.15, 0.2) is 0 Å². The first-order chi connectivity index (χ1) is 8.43. The number of amides is 2. The van der Waals surface area contributed by atoms with Crippen molar-refractivity contribution in [3.63, 3.8) is 0 Å². The standard InChI is InChI=1S/C13H24N2O3/c1-4-11(12(16)17)6-14-13(18)15-7-9(2)5-10(3)8-15/h9-11H,4-8H2,1-3H3,(H,14,18)(H,16,17). The highest BCUT2D eigenvalue weighted by Gasteiger charge is 2.26. The van der Waals surface area contributed by atoms with Crippen molar-refractivity contribution < 1.29 is 14.7 Å². The van der Waals surface area contributed by atoms with E-state index in [9.17, 15) is 9.59 Å². The maximum atomic E-state index is 12.0. The van der Waals surface area contributed by atoms with Crippen LogP contribution in [-0.2, 0) is 4.79 Å². The lowest BCUT2D eigenvalue weighted by Gasteiger charge is -2.35. The first kappa shape index (κ1) is 14.8. The van der Waals surface area contributed by atoms with Crippen molar-refractivity contribution in [2.24, 2.45) is 17.8 Å². The number of carbonyl (C=O) groups is 2. The summed E-state index contributed by atoms with van der Waals surface area (Å²) in [7, 11) is 0. The number of nitrogens with zero attached hydrogens (tertiary/aromatic N) is 1. The Morgan fingerprint density at radius 2 is 1.89 bits per heavy atom. The summed E-state index contributed by atoms with van der Waals surface area (Å²) >= 11 is 0. The van der Waals surface area contributed by atoms with E-state index in [-0.39, 0.29) is 12.6 Å². The summed E-state index contributed by atoms with van der Waals surface area (Å²) < 4.78 is 0. The molecule has 2 amide bonds. The fraction of sp³-hybridized carbons (Fsp3) is 0.846. The van der Waals surface area contributed by atoms with Gasteiger partial charge in [0.1, 0.15) is 0 Å². The molecule has 5 heteroatoms. The molecule has 3 atom stereocenters. The van der Waals surface area contributed by atoms with E-state index >= 15 is 0 Å². The minimum absolute atomic E-state index is 0.131. The Hall–Kier alpha value is -1.26. The van der Waals surface area contributed by atoms with Crippen LogP contribution in [0.1, 0.15) is 33.6 Å². The summed E-state index contributed by atoms with van der Waals surface area (Å²) in [4.78, 5) is 24.6. The highest BCUT2D eigenvalue weighted by atomic mass is 16.4. The summed E-state index contributed by atoms with van der Waals surface area (Å²) in [6.45, 7) is 7.84. The normalized spacial score (nSPS) is 25.6. The third kappa shape index (κ3) is 4.20. The second-order valence-electron chi connectivity index (χ2n) is 5.48. The number of piperidine rings is 1. The van der Waals surface area contributed by atoms with Crippen LogP contribution in [0, 0.1) is 17.8 Å². The Kier molecular flexibility index (Phi) is 5.44. The van der Waals surface area contributed by atoms with E-state index in [1.54, 1.807) is 4.90 Å². The van der Waals surface area contributed by atoms with E-state index < -0.39 is 11.9 Å². The van der Waals surface area contributed by atoms with Crippen LogP contribution in [-0.4, -0.2) is 41.6 Å². The molecule has 1 aliphatic rings. The molecule has 0 bridgehead atoms. The summed E-state index contributed by atoms with van der Waals surface area (Å²) in [5.74, 6) is -0.311. The molecule has 18 heavy (non-hydrogen) atoms. The molecule has 0 radical (unpaired) electrons. The van der Waals surface area contributed by atoms with E-state index in [0.29, 0.717) is 18.3 Å². The summed E-state index contributed by atoms with van der Waals surface area (Å²) in [6.07, 6.45) is 1.68. The van der Waals surface area contributed by atoms with Gasteiger partial charge < -0.3 is 15.3 Å². The van der Waals surface area contributed by atoms with E-state index in [1.165, 1.54) is 0 Å². The minimum atomic E-state index is -0.849. The average Bonchev–Trinajstić information content (AvgIpc) is 2.27. The van der Waals surface area contributed by atoms with Crippen LogP contribution < -0.4 is 5.32 Å². The van der Waals surface area contributed by atoms with Crippen LogP contribution >= 0.6 is 0 Å². The lowest BCUT2D eigenvalue weighted by Crippen LogP contribution is -2.48. The molecular formula is C13H24N2O3. The quantitative estimate of drug-likeness (QED) is 0.805. The van der Waals surface area contributed by atoms with Gasteiger partial charge in [0.05, 0.1) is 5.92 Å². The van der Waals surface area contributed by atoms with Crippen molar-refractivity contribution >= 4 is 12.0 Å². The van der Waals surface area contributed by atoms with Gasteiger partial charge in [-0.25, -0.2) is 4.79 Å². The van der Waals surface area contributed by atoms with Gasteiger partial charge in [-0.15, -0.1) is 0 Å². The zero-order valence-corrected chi connectivity index (χ0v) is 11.5. The third-order valence-corrected chi connectivity index (χ3v) is 3.50. The van der Waals surface area contributed by atoms with Gasteiger partial charge in [0.15, 0.2) is 0 Å². The first-order valence-electron chi connectivity index (χ1n) is 6.69. The Balaban J connectivity index is 2.42. The van der Waals surface area contributed by atoms with Crippen LogP contribution in [0.2, 0.25) is 0 Å². The highest BCUT2D eigenvalue weighted by molar-refractivity contribution is 5.76. The number of urea groups is 1. The number of carbonyl (C=O) groups excluding carboxylic acids is 1. The summed E-state index contributed by atoms with van der Waals surface area (Å²) in [5, 5.41) is 11.6. The van der Waals surface area contributed by atoms with Crippen molar-refractivity contribution in [3.05, 3.63) is 0 Å². The monoisotopic (exact) mass is 256 g/mol. The highest BCUT2D eigenvalue weighted by Crippen LogP contribution is 2.20. The zero-order valence-electron chi connectivity index (χ0n) is 11.5. The average molecular weight is 256 g/mol. The number of likely N-dealkylation sites (tertiary alicyclic amines) is 1. The van der Waals surface area contributed by atoms with E-state index in [2.05, 4.69) is 19.2 Å². The fourth-order valence-corrected chi connectivity index (χ4v) is 2.56. The molecule has 1 rings (SSSR count). The molecule has 1 saturated heterocycles. The van der Waals surface area contributed by atoms with Crippen molar-refractivity contribution in [2.75, 3.05) is 19.6 Å². The Morgan fingerprint density at radius 3 is 2.33 bits per heavy atom. The number of hydrogen-bond donors (Lipinski definition) is 2. The van der Waals surface area contributed by atoms with Gasteiger partial charge in [-0.1, -0.05) is 20.8 Å². The van der Waals surface area contributed by atoms with Crippen molar-refractivity contribution in [2.45, 2.75) is 33.6 Å². The molecule has 1 aliphatic heterocycles. The molecule has 1 fully saturated rings. The molecule has 0 aromatic heterocycles. The number of carboxylic acid groups (broad SMARTS) is 1. The zero-order chi connectivity index (χ0) is 13.7. The van der Waals surface area contributed by atoms with E-state index in [1.807, 2.05) is 6.92 Å². The van der Waals surface area contributed by atoms with E-state index in [0.717, 1.165) is 19.5 Å². The van der Waals surface area contributed by atoms with Gasteiger partial charge in [-0.3, -0.25) is 4.79 Å². The Labute approximate surface area is 109 Å². The number of carboxylic acids is 1. The first-order valence-corrected chi connectivity index (χ1v) is 6.69. The van der Waals surface area contributed by atoms with Gasteiger partial charge in [-0.05, 0) is 24.7 Å². The molecule has 5 nitrogen and oxygen atoms in total. The van der Waals surface area contributed by atoms with Gasteiger partial charge >= 0.3 is 12.0 Å². The largest absolute Gasteiger partial charge is 0.481 e. The second-order valence-corrected chi connectivity index (χ2v) is 5.48. The lowest BCUT2D eigenvalue weighted by molar-refractivity contribution is -0.141. The number of hydrogen-bond acceptors (Lipinski definition) is 2. The summed E-state index contributed by atoms with van der Waals surface area (Å²) in [5.41, 5.74) is 0. The molecule has 0 aromatic rings. The maximum Gasteiger partial charge on any atom is 0.317 e. The second kappa shape index (κ2) is 6.61. The molecule has 0 aliphatic carbocycles. The molecule has 2 N–H and O–H groups in total.